The molecule has 0 spiro atoms. The number of H-pyrrole nitrogens is 1. The van der Waals surface area contributed by atoms with Crippen LogP contribution >= 0.6 is 0 Å². The zero-order valence-electron chi connectivity index (χ0n) is 24.6. The summed E-state index contributed by atoms with van der Waals surface area (Å²) in [5.74, 6) is -0.256. The first-order valence-corrected chi connectivity index (χ1v) is 15.0. The maximum atomic E-state index is 13.9. The summed E-state index contributed by atoms with van der Waals surface area (Å²) in [5, 5.41) is 7.19. The number of benzene rings is 3. The van der Waals surface area contributed by atoms with Crippen LogP contribution in [0.3, 0.4) is 0 Å². The molecular formula is C34H38FN5O3. The van der Waals surface area contributed by atoms with Gasteiger partial charge in [0.25, 0.3) is 0 Å². The average molecular weight is 584 g/mol. The van der Waals surface area contributed by atoms with Crippen molar-refractivity contribution in [2.24, 2.45) is 0 Å². The number of carbonyl (C=O) groups excluding carboxylic acids is 2. The topological polar surface area (TPSA) is 89.7 Å². The summed E-state index contributed by atoms with van der Waals surface area (Å²) in [5.41, 5.74) is 5.19. The number of likely N-dealkylation sites (N-methyl/N-ethyl adjacent to an activating group) is 1. The van der Waals surface area contributed by atoms with E-state index in [9.17, 15) is 14.0 Å². The second kappa shape index (κ2) is 12.5. The number of hydrogen-bond acceptors (Lipinski definition) is 4. The summed E-state index contributed by atoms with van der Waals surface area (Å²) < 4.78 is 19.3. The summed E-state index contributed by atoms with van der Waals surface area (Å²) in [4.78, 5) is 34.8. The van der Waals surface area contributed by atoms with E-state index in [2.05, 4.69) is 33.6 Å². The molecule has 3 amide bonds. The third-order valence-corrected chi connectivity index (χ3v) is 8.70. The number of para-hydroxylation sites is 1. The number of piperidine rings is 1. The molecule has 4 aromatic rings. The number of fused-ring (bicyclic) bond motifs is 2. The van der Waals surface area contributed by atoms with Crippen LogP contribution in [0.1, 0.15) is 42.4 Å². The quantitative estimate of drug-likeness (QED) is 0.262. The Morgan fingerprint density at radius 2 is 1.77 bits per heavy atom. The normalized spacial score (nSPS) is 17.2. The highest BCUT2D eigenvalue weighted by atomic mass is 19.1. The van der Waals surface area contributed by atoms with E-state index in [1.165, 1.54) is 23.3 Å². The molecule has 6 rings (SSSR count). The Hall–Kier alpha value is -4.37. The highest BCUT2D eigenvalue weighted by Gasteiger charge is 2.33. The molecule has 224 valence electrons. The first-order valence-electron chi connectivity index (χ1n) is 15.0. The summed E-state index contributed by atoms with van der Waals surface area (Å²) in [6, 6.07) is 19.0. The van der Waals surface area contributed by atoms with Gasteiger partial charge in [-0.3, -0.25) is 4.79 Å². The van der Waals surface area contributed by atoms with Gasteiger partial charge in [0, 0.05) is 67.7 Å². The number of amides is 3. The van der Waals surface area contributed by atoms with Gasteiger partial charge in [0.05, 0.1) is 0 Å². The van der Waals surface area contributed by atoms with E-state index < -0.39 is 6.04 Å². The van der Waals surface area contributed by atoms with Crippen LogP contribution < -0.4 is 15.4 Å². The highest BCUT2D eigenvalue weighted by Crippen LogP contribution is 2.29. The molecule has 0 saturated carbocycles. The fraction of sp³-hybridized carbons (Fsp3) is 0.353. The molecule has 0 unspecified atom stereocenters. The predicted molar refractivity (Wildman–Crippen MR) is 166 cm³/mol. The van der Waals surface area contributed by atoms with E-state index in [1.54, 1.807) is 17.0 Å². The Bertz CT molecular complexity index is 1600. The first kappa shape index (κ1) is 28.7. The molecule has 1 aromatic heterocycles. The number of hydrogen-bond donors (Lipinski definition) is 3. The molecule has 2 aliphatic rings. The van der Waals surface area contributed by atoms with Crippen LogP contribution in [0.15, 0.2) is 72.9 Å². The van der Waals surface area contributed by atoms with Gasteiger partial charge in [0.2, 0.25) is 5.91 Å². The van der Waals surface area contributed by atoms with Crippen molar-refractivity contribution < 1.29 is 18.7 Å². The van der Waals surface area contributed by atoms with Crippen LogP contribution in [0.4, 0.5) is 14.9 Å². The van der Waals surface area contributed by atoms with Crippen LogP contribution in [0, 0.1) is 5.82 Å². The maximum absolute atomic E-state index is 13.9. The molecule has 3 N–H and O–H groups in total. The predicted octanol–water partition coefficient (Wildman–Crippen LogP) is 5.66. The van der Waals surface area contributed by atoms with Crippen molar-refractivity contribution in [2.45, 2.75) is 50.8 Å². The van der Waals surface area contributed by atoms with Gasteiger partial charge in [-0.2, -0.15) is 0 Å². The third-order valence-electron chi connectivity index (χ3n) is 8.70. The molecule has 43 heavy (non-hydrogen) atoms. The first-order chi connectivity index (χ1) is 20.8. The minimum absolute atomic E-state index is 0.0678. The largest absolute Gasteiger partial charge is 0.490 e. The fourth-order valence-electron chi connectivity index (χ4n) is 6.17. The minimum Gasteiger partial charge on any atom is -0.490 e. The summed E-state index contributed by atoms with van der Waals surface area (Å²) in [6.45, 7) is 4.82. The van der Waals surface area contributed by atoms with Crippen LogP contribution in [0.5, 0.6) is 5.75 Å². The van der Waals surface area contributed by atoms with Gasteiger partial charge >= 0.3 is 6.03 Å². The maximum Gasteiger partial charge on any atom is 0.318 e. The Morgan fingerprint density at radius 3 is 2.56 bits per heavy atom. The van der Waals surface area contributed by atoms with Gasteiger partial charge in [-0.05, 0) is 72.6 Å². The van der Waals surface area contributed by atoms with Crippen molar-refractivity contribution >= 4 is 28.5 Å². The third kappa shape index (κ3) is 6.51. The second-order valence-electron chi connectivity index (χ2n) is 11.7. The Morgan fingerprint density at radius 1 is 1.00 bits per heavy atom. The smallest absolute Gasteiger partial charge is 0.318 e. The van der Waals surface area contributed by atoms with Crippen LogP contribution in [-0.4, -0.2) is 65.5 Å². The zero-order valence-corrected chi connectivity index (χ0v) is 24.6. The number of halogens is 1. The van der Waals surface area contributed by atoms with Gasteiger partial charge < -0.3 is 30.2 Å². The van der Waals surface area contributed by atoms with E-state index in [0.29, 0.717) is 31.7 Å². The van der Waals surface area contributed by atoms with Crippen molar-refractivity contribution in [3.63, 3.8) is 0 Å². The molecule has 9 heteroatoms. The number of urea groups is 1. The summed E-state index contributed by atoms with van der Waals surface area (Å²) >= 11 is 0. The van der Waals surface area contributed by atoms with E-state index >= 15 is 0 Å². The van der Waals surface area contributed by atoms with Crippen LogP contribution in [-0.2, 0) is 17.8 Å². The highest BCUT2D eigenvalue weighted by molar-refractivity contribution is 5.98. The van der Waals surface area contributed by atoms with E-state index in [4.69, 9.17) is 4.74 Å². The van der Waals surface area contributed by atoms with Crippen molar-refractivity contribution in [1.29, 1.82) is 0 Å². The van der Waals surface area contributed by atoms with Gasteiger partial charge in [-0.25, -0.2) is 9.18 Å². The van der Waals surface area contributed by atoms with Crippen LogP contribution in [0.2, 0.25) is 0 Å². The summed E-state index contributed by atoms with van der Waals surface area (Å²) in [6.07, 6.45) is 4.13. The van der Waals surface area contributed by atoms with E-state index in [1.807, 2.05) is 49.5 Å². The minimum atomic E-state index is -0.807. The standard InChI is InChI=1S/C34H38FN5O3/c1-22(30-20-36-31-6-4-3-5-29(30)31)32(33(41)37-26-10-7-23-13-16-39(2)21-24(23)19-26)38-34(42)40-17-14-28(15-18-40)43-27-11-8-25(35)9-12-27/h3-12,19-20,22,28,32,36H,13-18,21H2,1-2H3,(H,37,41)(H,38,42)/t22-,32+/m0/s1. The van der Waals surface area contributed by atoms with Gasteiger partial charge in [0.15, 0.2) is 0 Å². The molecule has 2 aliphatic heterocycles. The zero-order chi connectivity index (χ0) is 29.9. The monoisotopic (exact) mass is 583 g/mol. The Labute approximate surface area is 251 Å². The molecular weight excluding hydrogens is 545 g/mol. The van der Waals surface area contributed by atoms with E-state index in [-0.39, 0.29) is 29.8 Å². The number of nitrogens with one attached hydrogen (secondary N) is 3. The van der Waals surface area contributed by atoms with Crippen molar-refractivity contribution in [2.75, 3.05) is 32.0 Å². The molecule has 3 aromatic carbocycles. The number of nitrogens with zero attached hydrogens (tertiary/aromatic N) is 2. The van der Waals surface area contributed by atoms with Crippen molar-refractivity contribution in [3.05, 3.63) is 95.4 Å². The SMILES string of the molecule is C[C@@H](c1c[nH]c2ccccc12)[C@@H](NC(=O)N1CCC(Oc2ccc(F)cc2)CC1)C(=O)Nc1ccc2c(c1)CN(C)CC2. The van der Waals surface area contributed by atoms with Crippen molar-refractivity contribution in [1.82, 2.24) is 20.1 Å². The lowest BCUT2D eigenvalue weighted by Gasteiger charge is -2.34. The summed E-state index contributed by atoms with van der Waals surface area (Å²) in [7, 11) is 2.10. The lowest BCUT2D eigenvalue weighted by molar-refractivity contribution is -0.118. The lowest BCUT2D eigenvalue weighted by atomic mass is 9.92. The molecule has 0 aliphatic carbocycles. The molecule has 8 nitrogen and oxygen atoms in total. The van der Waals surface area contributed by atoms with Crippen molar-refractivity contribution in [3.8, 4) is 5.75 Å². The van der Waals surface area contributed by atoms with Gasteiger partial charge in [0.1, 0.15) is 23.7 Å². The number of aromatic nitrogens is 1. The number of ether oxygens (including phenoxy) is 1. The number of carbonyl (C=O) groups is 2. The molecule has 0 radical (unpaired) electrons. The average Bonchev–Trinajstić information content (AvgIpc) is 3.45. The van der Waals surface area contributed by atoms with Crippen LogP contribution in [0.25, 0.3) is 10.9 Å². The number of aromatic amines is 1. The number of rotatable bonds is 7. The van der Waals surface area contributed by atoms with E-state index in [0.717, 1.165) is 41.7 Å². The van der Waals surface area contributed by atoms with Gasteiger partial charge in [-0.1, -0.05) is 31.2 Å². The second-order valence-corrected chi connectivity index (χ2v) is 11.7. The molecule has 1 fully saturated rings. The Balaban J connectivity index is 1.17. The lowest BCUT2D eigenvalue weighted by Crippen LogP contribution is -2.53. The number of likely N-dealkylation sites (tertiary alicyclic amines) is 1. The molecule has 2 atom stereocenters. The number of anilines is 1. The molecule has 3 heterocycles. The van der Waals surface area contributed by atoms with Gasteiger partial charge in [-0.15, -0.1) is 0 Å². The molecule has 1 saturated heterocycles. The fourth-order valence-corrected chi connectivity index (χ4v) is 6.17. The Kier molecular flexibility index (Phi) is 8.33. The molecule has 0 bridgehead atoms.